The molecule has 39 heavy (non-hydrogen) atoms. The third-order valence-corrected chi connectivity index (χ3v) is 7.76. The Bertz CT molecular complexity index is 1560. The Hall–Kier alpha value is -4.51. The van der Waals surface area contributed by atoms with E-state index >= 15 is 0 Å². The maximum Gasteiger partial charge on any atom is 0.350 e. The van der Waals surface area contributed by atoms with Gasteiger partial charge in [0, 0.05) is 12.0 Å². The van der Waals surface area contributed by atoms with Gasteiger partial charge < -0.3 is 19.3 Å². The number of methoxy groups -OCH3 is 2. The molecule has 0 spiro atoms. The number of carbonyl (C=O) groups is 4. The van der Waals surface area contributed by atoms with Gasteiger partial charge in [0.25, 0.3) is 5.78 Å². The van der Waals surface area contributed by atoms with Gasteiger partial charge in [-0.2, -0.15) is 0 Å². The number of aromatic nitrogens is 1. The van der Waals surface area contributed by atoms with Gasteiger partial charge in [0.2, 0.25) is 0 Å². The maximum absolute atomic E-state index is 13.5. The Labute approximate surface area is 227 Å². The van der Waals surface area contributed by atoms with Crippen molar-refractivity contribution in [2.75, 3.05) is 19.1 Å². The van der Waals surface area contributed by atoms with Crippen LogP contribution in [0.25, 0.3) is 5.76 Å². The second kappa shape index (κ2) is 9.99. The van der Waals surface area contributed by atoms with E-state index < -0.39 is 29.7 Å². The number of benzene rings is 2. The molecular weight excluding hydrogens is 524 g/mol. The van der Waals surface area contributed by atoms with Gasteiger partial charge in [-0.1, -0.05) is 23.5 Å². The molecule has 0 aliphatic carbocycles. The van der Waals surface area contributed by atoms with Gasteiger partial charge in [-0.25, -0.2) is 14.6 Å². The van der Waals surface area contributed by atoms with Crippen molar-refractivity contribution < 1.29 is 38.5 Å². The number of fused-ring (bicyclic) bond motifs is 1. The second-order valence-electron chi connectivity index (χ2n) is 9.14. The number of aliphatic hydroxyl groups is 1. The van der Waals surface area contributed by atoms with E-state index in [4.69, 9.17) is 14.2 Å². The first-order valence-electron chi connectivity index (χ1n) is 12.0. The van der Waals surface area contributed by atoms with E-state index in [-0.39, 0.29) is 33.0 Å². The summed E-state index contributed by atoms with van der Waals surface area (Å²) in [4.78, 5) is 56.8. The molecule has 3 aromatic rings. The van der Waals surface area contributed by atoms with Crippen molar-refractivity contribution in [1.29, 1.82) is 0 Å². The number of rotatable bonds is 5. The fraction of sp³-hybridized carbons (Fsp3) is 0.250. The van der Waals surface area contributed by atoms with Gasteiger partial charge in [-0.15, -0.1) is 0 Å². The highest BCUT2D eigenvalue weighted by atomic mass is 32.1. The van der Waals surface area contributed by atoms with E-state index in [0.29, 0.717) is 29.0 Å². The van der Waals surface area contributed by atoms with Crippen LogP contribution in [-0.4, -0.2) is 54.0 Å². The number of hydrogen-bond acceptors (Lipinski definition) is 10. The number of esters is 2. The normalized spacial score (nSPS) is 19.5. The molecule has 2 aliphatic heterocycles. The highest BCUT2D eigenvalue weighted by Crippen LogP contribution is 2.44. The first-order valence-corrected chi connectivity index (χ1v) is 12.8. The van der Waals surface area contributed by atoms with E-state index in [1.807, 2.05) is 6.92 Å². The SMILES string of the molecule is COC(=O)c1ccc([C@H]2C(=C(O)c3ccc4c(c3)C[C@@H](C)O4)C(=O)C(=O)N2c2nc(C)c(C(=O)OC)s2)cc1. The number of amides is 1. The van der Waals surface area contributed by atoms with Crippen LogP contribution in [0.5, 0.6) is 5.75 Å². The highest BCUT2D eigenvalue weighted by Gasteiger charge is 2.48. The summed E-state index contributed by atoms with van der Waals surface area (Å²) in [5, 5.41) is 11.5. The molecule has 0 unspecified atom stereocenters. The summed E-state index contributed by atoms with van der Waals surface area (Å²) in [5.41, 5.74) is 2.11. The van der Waals surface area contributed by atoms with Gasteiger partial charge in [0.1, 0.15) is 22.5 Å². The fourth-order valence-corrected chi connectivity index (χ4v) is 5.77. The summed E-state index contributed by atoms with van der Waals surface area (Å²) in [7, 11) is 2.50. The van der Waals surface area contributed by atoms with Crippen LogP contribution in [0.2, 0.25) is 0 Å². The standard InChI is InChI=1S/C28H24N2O8S/c1-13-11-18-12-17(9-10-19(18)38-13)22(31)20-21(15-5-7-16(8-6-15)26(34)36-3)30(25(33)23(20)32)28-29-14(2)24(39-28)27(35)37-4/h5-10,12-13,21,31H,11H2,1-4H3/t13-,21+/m1/s1. The summed E-state index contributed by atoms with van der Waals surface area (Å²) in [6, 6.07) is 10.1. The van der Waals surface area contributed by atoms with Crippen LogP contribution >= 0.6 is 11.3 Å². The molecule has 11 heteroatoms. The maximum atomic E-state index is 13.5. The fourth-order valence-electron chi connectivity index (χ4n) is 4.76. The highest BCUT2D eigenvalue weighted by molar-refractivity contribution is 7.17. The number of aryl methyl sites for hydroxylation is 1. The Balaban J connectivity index is 1.68. The van der Waals surface area contributed by atoms with Crippen LogP contribution in [0.3, 0.4) is 0 Å². The molecule has 10 nitrogen and oxygen atoms in total. The molecule has 5 rings (SSSR count). The van der Waals surface area contributed by atoms with Crippen LogP contribution in [0, 0.1) is 6.92 Å². The predicted molar refractivity (Wildman–Crippen MR) is 141 cm³/mol. The van der Waals surface area contributed by atoms with Crippen LogP contribution in [0.15, 0.2) is 48.0 Å². The average Bonchev–Trinajstić information content (AvgIpc) is 3.59. The summed E-state index contributed by atoms with van der Waals surface area (Å²) in [6.45, 7) is 3.53. The Kier molecular flexibility index (Phi) is 6.69. The molecule has 0 bridgehead atoms. The minimum absolute atomic E-state index is 0.0200. The summed E-state index contributed by atoms with van der Waals surface area (Å²) in [6.07, 6.45) is 0.617. The van der Waals surface area contributed by atoms with Crippen LogP contribution in [0.4, 0.5) is 5.13 Å². The molecule has 1 amide bonds. The molecule has 1 N–H and O–H groups in total. The average molecular weight is 549 g/mol. The van der Waals surface area contributed by atoms with E-state index in [9.17, 15) is 24.3 Å². The Morgan fingerprint density at radius 1 is 1.05 bits per heavy atom. The van der Waals surface area contributed by atoms with Gasteiger partial charge in [-0.3, -0.25) is 14.5 Å². The Morgan fingerprint density at radius 3 is 2.38 bits per heavy atom. The lowest BCUT2D eigenvalue weighted by atomic mass is 9.94. The largest absolute Gasteiger partial charge is 0.507 e. The van der Waals surface area contributed by atoms with E-state index in [2.05, 4.69) is 4.98 Å². The number of ether oxygens (including phenoxy) is 3. The van der Waals surface area contributed by atoms with Crippen LogP contribution in [0.1, 0.15) is 55.4 Å². The lowest BCUT2D eigenvalue weighted by molar-refractivity contribution is -0.132. The molecule has 0 saturated carbocycles. The van der Waals surface area contributed by atoms with Crippen molar-refractivity contribution in [1.82, 2.24) is 4.98 Å². The van der Waals surface area contributed by atoms with Crippen molar-refractivity contribution in [3.63, 3.8) is 0 Å². The lowest BCUT2D eigenvalue weighted by Gasteiger charge is -2.23. The molecule has 3 heterocycles. The smallest absolute Gasteiger partial charge is 0.350 e. The van der Waals surface area contributed by atoms with Crippen molar-refractivity contribution in [3.8, 4) is 5.75 Å². The lowest BCUT2D eigenvalue weighted by Crippen LogP contribution is -2.29. The first-order chi connectivity index (χ1) is 18.6. The first kappa shape index (κ1) is 26.1. The minimum atomic E-state index is -1.09. The number of hydrogen-bond donors (Lipinski definition) is 1. The number of thiazole rings is 1. The third-order valence-electron chi connectivity index (χ3n) is 6.62. The van der Waals surface area contributed by atoms with Crippen molar-refractivity contribution in [2.45, 2.75) is 32.4 Å². The molecule has 2 aliphatic rings. The van der Waals surface area contributed by atoms with E-state index in [0.717, 1.165) is 21.8 Å². The summed E-state index contributed by atoms with van der Waals surface area (Å²) < 4.78 is 15.3. The molecule has 1 aromatic heterocycles. The third kappa shape index (κ3) is 4.44. The van der Waals surface area contributed by atoms with Gasteiger partial charge in [-0.05, 0) is 55.3 Å². The topological polar surface area (TPSA) is 132 Å². The number of nitrogens with zero attached hydrogens (tertiary/aromatic N) is 2. The summed E-state index contributed by atoms with van der Waals surface area (Å²) in [5.74, 6) is -2.66. The molecule has 1 fully saturated rings. The zero-order valence-electron chi connectivity index (χ0n) is 21.5. The monoisotopic (exact) mass is 548 g/mol. The van der Waals surface area contributed by atoms with Gasteiger partial charge in [0.05, 0.1) is 37.1 Å². The molecular formula is C28H24N2O8S. The quantitative estimate of drug-likeness (QED) is 0.218. The molecule has 2 aromatic carbocycles. The Morgan fingerprint density at radius 2 is 1.72 bits per heavy atom. The molecule has 200 valence electrons. The van der Waals surface area contributed by atoms with E-state index in [1.54, 1.807) is 37.3 Å². The van der Waals surface area contributed by atoms with Gasteiger partial charge >= 0.3 is 17.8 Å². The van der Waals surface area contributed by atoms with Crippen molar-refractivity contribution in [2.24, 2.45) is 0 Å². The molecule has 2 atom stereocenters. The number of anilines is 1. The van der Waals surface area contributed by atoms with E-state index in [1.165, 1.54) is 26.4 Å². The van der Waals surface area contributed by atoms with Crippen molar-refractivity contribution in [3.05, 3.63) is 80.9 Å². The number of aliphatic hydroxyl groups excluding tert-OH is 1. The van der Waals surface area contributed by atoms with Gasteiger partial charge in [0.15, 0.2) is 5.13 Å². The number of carbonyl (C=O) groups excluding carboxylic acids is 4. The zero-order chi connectivity index (χ0) is 28.0. The zero-order valence-corrected chi connectivity index (χ0v) is 22.3. The second-order valence-corrected chi connectivity index (χ2v) is 10.1. The number of Topliss-reactive ketones (excluding diaryl/α,β-unsaturated/α-hetero) is 1. The minimum Gasteiger partial charge on any atom is -0.507 e. The molecule has 0 radical (unpaired) electrons. The van der Waals surface area contributed by atoms with Crippen LogP contribution in [-0.2, 0) is 25.5 Å². The van der Waals surface area contributed by atoms with Crippen molar-refractivity contribution >= 4 is 45.9 Å². The van der Waals surface area contributed by atoms with Crippen LogP contribution < -0.4 is 9.64 Å². The number of ketones is 1. The summed E-state index contributed by atoms with van der Waals surface area (Å²) >= 11 is 0.904. The molecule has 1 saturated heterocycles. The predicted octanol–water partition coefficient (Wildman–Crippen LogP) is 3.97.